The van der Waals surface area contributed by atoms with E-state index in [0.29, 0.717) is 44.9 Å². The molecule has 0 radical (unpaired) electrons. The lowest BCUT2D eigenvalue weighted by molar-refractivity contribution is -0.140. The highest BCUT2D eigenvalue weighted by molar-refractivity contribution is 6.15. The number of likely N-dealkylation sites (tertiary alicyclic amines) is 2. The quantitative estimate of drug-likeness (QED) is 0.350. The van der Waals surface area contributed by atoms with Gasteiger partial charge in [0.1, 0.15) is 22.7 Å². The van der Waals surface area contributed by atoms with Crippen LogP contribution in [0.3, 0.4) is 0 Å². The Morgan fingerprint density at radius 2 is 1.68 bits per heavy atom. The van der Waals surface area contributed by atoms with E-state index in [9.17, 15) is 14.4 Å². The van der Waals surface area contributed by atoms with Gasteiger partial charge in [-0.05, 0) is 68.4 Å². The summed E-state index contributed by atoms with van der Waals surface area (Å²) in [6.45, 7) is 8.67. The topological polar surface area (TPSA) is 86.4 Å². The lowest BCUT2D eigenvalue weighted by atomic mass is 9.87. The first-order chi connectivity index (χ1) is 21.2. The summed E-state index contributed by atoms with van der Waals surface area (Å²) < 4.78 is 5.74. The fraction of sp³-hybridized carbons (Fsp3) is 0.444. The van der Waals surface area contributed by atoms with E-state index in [0.717, 1.165) is 59.2 Å². The van der Waals surface area contributed by atoms with Gasteiger partial charge in [-0.3, -0.25) is 24.3 Å². The third-order valence-electron chi connectivity index (χ3n) is 9.63. The summed E-state index contributed by atoms with van der Waals surface area (Å²) in [4.78, 5) is 50.3. The maximum atomic E-state index is 14.2. The lowest BCUT2D eigenvalue weighted by Crippen LogP contribution is -2.52. The fourth-order valence-electron chi connectivity index (χ4n) is 6.85. The molecule has 1 spiro atoms. The molecule has 8 heteroatoms. The van der Waals surface area contributed by atoms with Crippen LogP contribution >= 0.6 is 0 Å². The number of hydrogen-bond donors (Lipinski definition) is 0. The number of aryl methyl sites for hydroxylation is 1. The summed E-state index contributed by atoms with van der Waals surface area (Å²) in [5, 5.41) is 1.07. The molecule has 7 rings (SSSR count). The van der Waals surface area contributed by atoms with Crippen molar-refractivity contribution in [2.24, 2.45) is 16.8 Å². The van der Waals surface area contributed by atoms with E-state index in [1.165, 1.54) is 5.57 Å². The Morgan fingerprint density at radius 3 is 2.39 bits per heavy atom. The van der Waals surface area contributed by atoms with Crippen molar-refractivity contribution in [3.05, 3.63) is 71.5 Å². The summed E-state index contributed by atoms with van der Waals surface area (Å²) in [6, 6.07) is 16.5. The molecule has 44 heavy (non-hydrogen) atoms. The Morgan fingerprint density at radius 1 is 0.977 bits per heavy atom. The van der Waals surface area contributed by atoms with Gasteiger partial charge in [-0.25, -0.2) is 0 Å². The van der Waals surface area contributed by atoms with Crippen LogP contribution in [0, 0.1) is 18.8 Å². The zero-order chi connectivity index (χ0) is 30.6. The fourth-order valence-corrected chi connectivity index (χ4v) is 6.85. The number of piperidine rings is 1. The van der Waals surface area contributed by atoms with Gasteiger partial charge in [0.25, 0.3) is 5.91 Å². The predicted octanol–water partition coefficient (Wildman–Crippen LogP) is 5.58. The van der Waals surface area contributed by atoms with Crippen LogP contribution in [-0.4, -0.2) is 76.5 Å². The first kappa shape index (κ1) is 28.6. The molecular formula is C36H40N4O4. The van der Waals surface area contributed by atoms with Crippen molar-refractivity contribution < 1.29 is 18.8 Å². The smallest absolute Gasteiger partial charge is 0.256 e. The minimum absolute atomic E-state index is 0.00904. The molecule has 1 saturated carbocycles. The molecule has 0 unspecified atom stereocenters. The van der Waals surface area contributed by atoms with Crippen LogP contribution in [-0.2, 0) is 14.4 Å². The van der Waals surface area contributed by atoms with Crippen molar-refractivity contribution in [1.82, 2.24) is 14.7 Å². The summed E-state index contributed by atoms with van der Waals surface area (Å²) in [5.74, 6) is 2.13. The highest BCUT2D eigenvalue weighted by atomic mass is 16.3. The normalized spacial score (nSPS) is 20.9. The number of hydrogen-bond acceptors (Lipinski definition) is 5. The van der Waals surface area contributed by atoms with Gasteiger partial charge in [-0.15, -0.1) is 0 Å². The van der Waals surface area contributed by atoms with Gasteiger partial charge < -0.3 is 14.2 Å². The molecule has 228 valence electrons. The molecule has 4 aliphatic rings. The molecule has 2 aromatic carbocycles. The average molecular weight is 593 g/mol. The zero-order valence-electron chi connectivity index (χ0n) is 25.8. The van der Waals surface area contributed by atoms with Crippen LogP contribution in [0.15, 0.2) is 69.6 Å². The van der Waals surface area contributed by atoms with Crippen LogP contribution in [0.5, 0.6) is 0 Å². The van der Waals surface area contributed by atoms with Crippen LogP contribution < -0.4 is 0 Å². The Bertz CT molecular complexity index is 1690. The van der Waals surface area contributed by atoms with E-state index in [1.54, 1.807) is 0 Å². The van der Waals surface area contributed by atoms with Crippen LogP contribution in [0.4, 0.5) is 0 Å². The summed E-state index contributed by atoms with van der Waals surface area (Å²) in [6.07, 6.45) is 6.03. The molecule has 8 nitrogen and oxygen atoms in total. The number of furan rings is 1. The summed E-state index contributed by atoms with van der Waals surface area (Å²) in [7, 11) is 0. The van der Waals surface area contributed by atoms with E-state index in [-0.39, 0.29) is 29.6 Å². The zero-order valence-corrected chi connectivity index (χ0v) is 25.8. The number of fused-ring (bicyclic) bond motifs is 1. The van der Waals surface area contributed by atoms with Gasteiger partial charge in [0.05, 0.1) is 0 Å². The third-order valence-corrected chi connectivity index (χ3v) is 9.63. The van der Waals surface area contributed by atoms with Gasteiger partial charge in [-0.1, -0.05) is 55.8 Å². The number of aliphatic imine (C=N–C) groups is 1. The number of amides is 3. The van der Waals surface area contributed by atoms with Crippen molar-refractivity contribution in [3.63, 3.8) is 0 Å². The Balaban J connectivity index is 1.15. The molecule has 3 fully saturated rings. The average Bonchev–Trinajstić information content (AvgIpc) is 3.56. The van der Waals surface area contributed by atoms with Gasteiger partial charge in [0.15, 0.2) is 0 Å². The molecule has 0 bridgehead atoms. The first-order valence-electron chi connectivity index (χ1n) is 16.0. The Hall–Kier alpha value is -4.20. The van der Waals surface area contributed by atoms with Crippen molar-refractivity contribution in [3.8, 4) is 11.1 Å². The minimum Gasteiger partial charge on any atom is -0.461 e. The molecule has 0 atom stereocenters. The molecule has 3 amide bonds. The Labute approximate surface area is 258 Å². The molecule has 2 saturated heterocycles. The van der Waals surface area contributed by atoms with Crippen molar-refractivity contribution in [1.29, 1.82) is 0 Å². The van der Waals surface area contributed by atoms with E-state index < -0.39 is 5.54 Å². The predicted molar refractivity (Wildman–Crippen MR) is 170 cm³/mol. The SMILES string of the molecule is Cc1cc2cc(-c3ccc(C4=NC5(CCN(C(=O)C(C)C)CC5)C(=O)N4C/C=C4\CCN(C(=O)C5CC5)C4)cc3)ccc2o1. The van der Waals surface area contributed by atoms with E-state index in [1.807, 2.05) is 47.6 Å². The van der Waals surface area contributed by atoms with Gasteiger partial charge in [0.2, 0.25) is 11.8 Å². The minimum atomic E-state index is -0.853. The molecule has 3 aromatic rings. The number of benzene rings is 2. The largest absolute Gasteiger partial charge is 0.461 e. The lowest BCUT2D eigenvalue weighted by Gasteiger charge is -2.37. The highest BCUT2D eigenvalue weighted by Crippen LogP contribution is 2.37. The second-order valence-electron chi connectivity index (χ2n) is 13.2. The molecular weight excluding hydrogens is 552 g/mol. The molecule has 1 aliphatic carbocycles. The summed E-state index contributed by atoms with van der Waals surface area (Å²) >= 11 is 0. The number of rotatable bonds is 6. The first-order valence-corrected chi connectivity index (χ1v) is 16.0. The Kier molecular flexibility index (Phi) is 7.18. The molecule has 0 N–H and O–H groups in total. The van der Waals surface area contributed by atoms with E-state index in [2.05, 4.69) is 42.5 Å². The second kappa shape index (κ2) is 11.1. The maximum absolute atomic E-state index is 14.2. The standard InChI is InChI=1S/C36H40N4O4/c1-23(2)33(41)38-18-14-36(15-19-38)35(43)40(17-13-25-12-16-39(22-25)34(42)28-8-9-28)32(37-36)27-6-4-26(5-7-27)29-10-11-31-30(21-29)20-24(3)44-31/h4-7,10-11,13,20-21,23,28H,8-9,12,14-19,22H2,1-3H3/b25-13+. The van der Waals surface area contributed by atoms with Gasteiger partial charge in [0, 0.05) is 55.5 Å². The number of amidine groups is 1. The maximum Gasteiger partial charge on any atom is 0.256 e. The van der Waals surface area contributed by atoms with Crippen LogP contribution in [0.25, 0.3) is 22.1 Å². The third kappa shape index (κ3) is 5.24. The molecule has 1 aromatic heterocycles. The van der Waals surface area contributed by atoms with E-state index >= 15 is 0 Å². The second-order valence-corrected chi connectivity index (χ2v) is 13.2. The number of nitrogens with zero attached hydrogens (tertiary/aromatic N) is 4. The van der Waals surface area contributed by atoms with Gasteiger partial charge >= 0.3 is 0 Å². The summed E-state index contributed by atoms with van der Waals surface area (Å²) in [5.41, 5.74) is 4.30. The monoisotopic (exact) mass is 592 g/mol. The van der Waals surface area contributed by atoms with Crippen molar-refractivity contribution >= 4 is 34.5 Å². The van der Waals surface area contributed by atoms with Crippen molar-refractivity contribution in [2.45, 2.75) is 58.4 Å². The molecule has 4 heterocycles. The number of carbonyl (C=O) groups is 3. The van der Waals surface area contributed by atoms with Crippen LogP contribution in [0.1, 0.15) is 57.3 Å². The van der Waals surface area contributed by atoms with Crippen LogP contribution in [0.2, 0.25) is 0 Å². The van der Waals surface area contributed by atoms with E-state index in [4.69, 9.17) is 9.41 Å². The number of carbonyl (C=O) groups excluding carboxylic acids is 3. The highest BCUT2D eigenvalue weighted by Gasteiger charge is 2.50. The molecule has 3 aliphatic heterocycles. The van der Waals surface area contributed by atoms with Crippen molar-refractivity contribution in [2.75, 3.05) is 32.7 Å². The van der Waals surface area contributed by atoms with Gasteiger partial charge in [-0.2, -0.15) is 0 Å².